The first-order valence-corrected chi connectivity index (χ1v) is 23.6. The van der Waals surface area contributed by atoms with Crippen LogP contribution in [0.4, 0.5) is 0 Å². The van der Waals surface area contributed by atoms with Crippen LogP contribution in [0.3, 0.4) is 0 Å². The first kappa shape index (κ1) is 40.7. The molecule has 13 rings (SSSR count). The summed E-state index contributed by atoms with van der Waals surface area (Å²) in [6, 6.07) is 87.6. The molecule has 0 atom stereocenters. The second-order valence-corrected chi connectivity index (χ2v) is 17.8. The third kappa shape index (κ3) is 7.13. The van der Waals surface area contributed by atoms with E-state index in [9.17, 15) is 5.26 Å². The maximum absolute atomic E-state index is 10.2. The number of fused-ring (bicyclic) bond motifs is 4. The lowest BCUT2D eigenvalue weighted by atomic mass is 9.90. The normalized spacial score (nSPS) is 11.4. The summed E-state index contributed by atoms with van der Waals surface area (Å²) in [4.78, 5) is 15.5. The van der Waals surface area contributed by atoms with Crippen LogP contribution in [0.15, 0.2) is 243 Å². The molecule has 12 aromatic rings. The Kier molecular flexibility index (Phi) is 9.85. The fourth-order valence-electron chi connectivity index (χ4n) is 10.4. The average Bonchev–Trinajstić information content (AvgIpc) is 3.77. The van der Waals surface area contributed by atoms with Crippen molar-refractivity contribution in [1.29, 1.82) is 5.26 Å². The first-order chi connectivity index (χ1) is 34.6. The third-order valence-electron chi connectivity index (χ3n) is 13.7. The molecular weight excluding hydrogens is 849 g/mol. The molecule has 0 aliphatic heterocycles. The van der Waals surface area contributed by atoms with Crippen LogP contribution in [0.1, 0.15) is 5.56 Å². The van der Waals surface area contributed by atoms with Crippen molar-refractivity contribution < 1.29 is 0 Å². The summed E-state index contributed by atoms with van der Waals surface area (Å²) < 4.78 is 0. The predicted octanol–water partition coefficient (Wildman–Crippen LogP) is 17.0. The maximum atomic E-state index is 10.2. The molecule has 0 radical (unpaired) electrons. The van der Waals surface area contributed by atoms with E-state index in [1.807, 2.05) is 48.5 Å². The standard InChI is InChI=1S/C66H40N4/c67-41-42-30-33-55(62(36-42)50-22-11-19-47(39-50)46-18-10-20-48(38-46)54-34-35-60-57-26-8-7-25-56(57)59-29-13-28-58(54)63(59)60)49-21-12-23-52(40-49)65-68-64(44-15-2-1-3-16-44)69-66(70-65)61-27-9-6-24-53(61)51-32-31-43-14-4-5-17-45(43)37-51/h1-40H. The van der Waals surface area contributed by atoms with Crippen molar-refractivity contribution in [1.82, 2.24) is 15.0 Å². The summed E-state index contributed by atoms with van der Waals surface area (Å²) in [6.45, 7) is 0. The Balaban J connectivity index is 0.889. The summed E-state index contributed by atoms with van der Waals surface area (Å²) in [5.41, 5.74) is 19.1. The van der Waals surface area contributed by atoms with Crippen LogP contribution in [-0.4, -0.2) is 15.0 Å². The molecule has 1 aliphatic carbocycles. The molecule has 0 N–H and O–H groups in total. The van der Waals surface area contributed by atoms with E-state index in [-0.39, 0.29) is 0 Å². The van der Waals surface area contributed by atoms with Crippen LogP contribution in [0.5, 0.6) is 0 Å². The van der Waals surface area contributed by atoms with Crippen LogP contribution in [-0.2, 0) is 0 Å². The van der Waals surface area contributed by atoms with Gasteiger partial charge in [0, 0.05) is 16.7 Å². The molecule has 0 fully saturated rings. The van der Waals surface area contributed by atoms with Crippen molar-refractivity contribution in [2.24, 2.45) is 0 Å². The van der Waals surface area contributed by atoms with Gasteiger partial charge in [0.2, 0.25) is 0 Å². The van der Waals surface area contributed by atoms with Gasteiger partial charge >= 0.3 is 0 Å². The topological polar surface area (TPSA) is 62.5 Å². The smallest absolute Gasteiger partial charge is 0.164 e. The highest BCUT2D eigenvalue weighted by atomic mass is 15.0. The number of aromatic nitrogens is 3. The minimum atomic E-state index is 0.570. The van der Waals surface area contributed by atoms with Gasteiger partial charge in [0.25, 0.3) is 0 Å². The fraction of sp³-hybridized carbons (Fsp3) is 0. The minimum Gasteiger partial charge on any atom is -0.208 e. The van der Waals surface area contributed by atoms with Crippen LogP contribution in [0.2, 0.25) is 0 Å². The Morgan fingerprint density at radius 3 is 1.47 bits per heavy atom. The number of nitriles is 1. The molecule has 0 saturated heterocycles. The molecule has 11 aromatic carbocycles. The monoisotopic (exact) mass is 888 g/mol. The first-order valence-electron chi connectivity index (χ1n) is 23.6. The van der Waals surface area contributed by atoms with E-state index >= 15 is 0 Å². The third-order valence-corrected chi connectivity index (χ3v) is 13.7. The van der Waals surface area contributed by atoms with Crippen molar-refractivity contribution in [2.45, 2.75) is 0 Å². The zero-order chi connectivity index (χ0) is 46.5. The van der Waals surface area contributed by atoms with Gasteiger partial charge < -0.3 is 0 Å². The largest absolute Gasteiger partial charge is 0.208 e. The zero-order valence-corrected chi connectivity index (χ0v) is 37.9. The molecule has 0 spiro atoms. The Morgan fingerprint density at radius 1 is 0.257 bits per heavy atom. The average molecular weight is 889 g/mol. The Hall–Kier alpha value is -9.56. The van der Waals surface area contributed by atoms with Gasteiger partial charge in [0.1, 0.15) is 0 Å². The van der Waals surface area contributed by atoms with Gasteiger partial charge in [-0.3, -0.25) is 0 Å². The Morgan fingerprint density at radius 2 is 0.729 bits per heavy atom. The quantitative estimate of drug-likeness (QED) is 0.152. The highest BCUT2D eigenvalue weighted by Gasteiger charge is 2.23. The molecule has 324 valence electrons. The molecule has 0 unspecified atom stereocenters. The molecule has 0 saturated carbocycles. The van der Waals surface area contributed by atoms with E-state index in [0.717, 1.165) is 61.2 Å². The number of hydrogen-bond acceptors (Lipinski definition) is 4. The van der Waals surface area contributed by atoms with E-state index in [4.69, 9.17) is 15.0 Å². The van der Waals surface area contributed by atoms with Crippen LogP contribution in [0, 0.1) is 11.3 Å². The molecule has 1 aromatic heterocycles. The summed E-state index contributed by atoms with van der Waals surface area (Å²) in [6.07, 6.45) is 0. The number of rotatable bonds is 8. The highest BCUT2D eigenvalue weighted by Crippen LogP contribution is 2.49. The molecule has 1 heterocycles. The second-order valence-electron chi connectivity index (χ2n) is 17.8. The molecule has 0 bridgehead atoms. The van der Waals surface area contributed by atoms with Gasteiger partial charge in [-0.15, -0.1) is 0 Å². The molecule has 70 heavy (non-hydrogen) atoms. The fourth-order valence-corrected chi connectivity index (χ4v) is 10.4. The SMILES string of the molecule is N#Cc1ccc(-c2cccc(-c3nc(-c4ccccc4)nc(-c4ccccc4-c4ccc5ccccc5c4)n3)c2)c(-c2cccc(-c3cccc(-c4ccc5c6c(cccc46)-c4ccccc4-5)c3)c2)c1. The van der Waals surface area contributed by atoms with Crippen molar-refractivity contribution >= 4 is 21.5 Å². The summed E-state index contributed by atoms with van der Waals surface area (Å²) in [5.74, 6) is 1.76. The number of nitrogens with zero attached hydrogens (tertiary/aromatic N) is 4. The van der Waals surface area contributed by atoms with E-state index < -0.39 is 0 Å². The molecule has 1 aliphatic rings. The van der Waals surface area contributed by atoms with E-state index in [2.05, 4.69) is 200 Å². The van der Waals surface area contributed by atoms with Gasteiger partial charge in [-0.05, 0) is 136 Å². The lowest BCUT2D eigenvalue weighted by Gasteiger charge is -2.15. The molecule has 0 amide bonds. The molecule has 4 nitrogen and oxygen atoms in total. The van der Waals surface area contributed by atoms with Gasteiger partial charge in [0.15, 0.2) is 17.5 Å². The van der Waals surface area contributed by atoms with Crippen LogP contribution >= 0.6 is 0 Å². The zero-order valence-electron chi connectivity index (χ0n) is 37.9. The van der Waals surface area contributed by atoms with Crippen LogP contribution < -0.4 is 0 Å². The Labute approximate surface area is 406 Å². The Bertz CT molecular complexity index is 4060. The second kappa shape index (κ2) is 16.9. The lowest BCUT2D eigenvalue weighted by molar-refractivity contribution is 1.07. The summed E-state index contributed by atoms with van der Waals surface area (Å²) >= 11 is 0. The van der Waals surface area contributed by atoms with E-state index in [1.165, 1.54) is 54.9 Å². The van der Waals surface area contributed by atoms with Crippen LogP contribution in [0.25, 0.3) is 134 Å². The van der Waals surface area contributed by atoms with Crippen molar-refractivity contribution in [3.8, 4) is 118 Å². The summed E-state index contributed by atoms with van der Waals surface area (Å²) in [7, 11) is 0. The minimum absolute atomic E-state index is 0.570. The van der Waals surface area contributed by atoms with Gasteiger partial charge in [-0.25, -0.2) is 15.0 Å². The summed E-state index contributed by atoms with van der Waals surface area (Å²) in [5, 5.41) is 15.1. The van der Waals surface area contributed by atoms with Gasteiger partial charge in [0.05, 0.1) is 11.6 Å². The van der Waals surface area contributed by atoms with Crippen molar-refractivity contribution in [2.75, 3.05) is 0 Å². The van der Waals surface area contributed by atoms with Crippen molar-refractivity contribution in [3.05, 3.63) is 248 Å². The number of hydrogen-bond donors (Lipinski definition) is 0. The van der Waals surface area contributed by atoms with E-state index in [0.29, 0.717) is 23.0 Å². The maximum Gasteiger partial charge on any atom is 0.164 e. The predicted molar refractivity (Wildman–Crippen MR) is 287 cm³/mol. The van der Waals surface area contributed by atoms with Gasteiger partial charge in [-0.2, -0.15) is 5.26 Å². The molecular formula is C66H40N4. The number of benzene rings is 11. The highest BCUT2D eigenvalue weighted by molar-refractivity contribution is 6.18. The van der Waals surface area contributed by atoms with E-state index in [1.54, 1.807) is 0 Å². The molecule has 4 heteroatoms. The van der Waals surface area contributed by atoms with Gasteiger partial charge in [-0.1, -0.05) is 206 Å². The lowest BCUT2D eigenvalue weighted by Crippen LogP contribution is -2.01. The van der Waals surface area contributed by atoms with Crippen molar-refractivity contribution in [3.63, 3.8) is 0 Å².